The second-order valence-electron chi connectivity index (χ2n) is 7.36. The van der Waals surface area contributed by atoms with Crippen molar-refractivity contribution in [1.82, 2.24) is 4.98 Å². The molecular weight excluding hydrogens is 437 g/mol. The predicted molar refractivity (Wildman–Crippen MR) is 106 cm³/mol. The van der Waals surface area contributed by atoms with E-state index in [1.165, 1.54) is 12.5 Å². The molecule has 0 radical (unpaired) electrons. The van der Waals surface area contributed by atoms with Gasteiger partial charge < -0.3 is 24.1 Å². The Morgan fingerprint density at radius 1 is 1.39 bits per heavy atom. The van der Waals surface area contributed by atoms with Crippen molar-refractivity contribution in [2.24, 2.45) is 0 Å². The third kappa shape index (κ3) is 5.94. The number of methoxy groups -OCH3 is 1. The van der Waals surface area contributed by atoms with Crippen LogP contribution in [-0.4, -0.2) is 55.1 Å². The lowest BCUT2D eigenvalue weighted by Crippen LogP contribution is -2.57. The number of carbonyl (C=O) groups is 1. The number of hydroxylamine groups is 3. The van der Waals surface area contributed by atoms with Gasteiger partial charge in [-0.2, -0.15) is 13.2 Å². The number of quaternary nitrogens is 1. The molecule has 1 aliphatic heterocycles. The van der Waals surface area contributed by atoms with Crippen molar-refractivity contribution >= 4 is 17.3 Å². The van der Waals surface area contributed by atoms with Gasteiger partial charge in [0.25, 0.3) is 0 Å². The minimum absolute atomic E-state index is 0.00250. The maximum Gasteiger partial charge on any atom is 0.443 e. The van der Waals surface area contributed by atoms with E-state index >= 15 is 0 Å². The van der Waals surface area contributed by atoms with Crippen LogP contribution in [0.25, 0.3) is 0 Å². The molecule has 3 rings (SSSR count). The minimum Gasteiger partial charge on any atom is -0.632 e. The maximum atomic E-state index is 13.4. The van der Waals surface area contributed by atoms with Crippen molar-refractivity contribution in [3.8, 4) is 5.75 Å². The summed E-state index contributed by atoms with van der Waals surface area (Å²) in [6, 6.07) is 6.69. The summed E-state index contributed by atoms with van der Waals surface area (Å²) in [5, 5.41) is 13.8. The highest BCUT2D eigenvalue weighted by Crippen LogP contribution is 2.35. The van der Waals surface area contributed by atoms with E-state index in [1.54, 1.807) is 12.1 Å². The molecule has 1 fully saturated rings. The Morgan fingerprint density at radius 2 is 2.10 bits per heavy atom. The van der Waals surface area contributed by atoms with Gasteiger partial charge in [-0.1, -0.05) is 12.1 Å². The number of halogens is 3. The summed E-state index contributed by atoms with van der Waals surface area (Å²) in [4.78, 5) is 14.8. The standard InChI is InChI=1S/C20H23F3N2O5S/c1-13(9-14-3-5-15(6-4-14)30-11-18(26)28-2)25(27)7-8-29-17(10-25)16-12-31-19(24-16)20(21,22)23/h3-6,12-13,17H,7-11H2,1-2H3. The van der Waals surface area contributed by atoms with Crippen LogP contribution in [0.3, 0.4) is 0 Å². The Hall–Kier alpha value is -2.21. The summed E-state index contributed by atoms with van der Waals surface area (Å²) < 4.78 is 53.3. The number of hydrogen-bond acceptors (Lipinski definition) is 7. The van der Waals surface area contributed by atoms with Crippen LogP contribution in [0.2, 0.25) is 0 Å². The number of hydrogen-bond donors (Lipinski definition) is 0. The van der Waals surface area contributed by atoms with Gasteiger partial charge in [0, 0.05) is 11.8 Å². The molecule has 1 saturated heterocycles. The lowest BCUT2D eigenvalue weighted by molar-refractivity contribution is -0.915. The SMILES string of the molecule is COC(=O)COc1ccc(CC(C)[N+]2([O-])CCOC(c3csc(C(F)(F)F)n3)C2)cc1. The van der Waals surface area contributed by atoms with Crippen LogP contribution in [0.15, 0.2) is 29.6 Å². The van der Waals surface area contributed by atoms with E-state index in [0.29, 0.717) is 23.5 Å². The Kier molecular flexibility index (Phi) is 7.20. The second-order valence-corrected chi connectivity index (χ2v) is 8.21. The number of benzene rings is 1. The number of rotatable bonds is 7. The molecule has 0 bridgehead atoms. The van der Waals surface area contributed by atoms with Crippen molar-refractivity contribution in [3.05, 3.63) is 51.1 Å². The highest BCUT2D eigenvalue weighted by molar-refractivity contribution is 7.09. The monoisotopic (exact) mass is 460 g/mol. The van der Waals surface area contributed by atoms with E-state index in [1.807, 2.05) is 19.1 Å². The fraction of sp³-hybridized carbons (Fsp3) is 0.500. The van der Waals surface area contributed by atoms with E-state index in [4.69, 9.17) is 9.47 Å². The first-order chi connectivity index (χ1) is 14.6. The molecule has 0 amide bonds. The molecule has 170 valence electrons. The van der Waals surface area contributed by atoms with Crippen molar-refractivity contribution in [2.75, 3.05) is 33.4 Å². The zero-order chi connectivity index (χ0) is 22.6. The smallest absolute Gasteiger partial charge is 0.443 e. The zero-order valence-corrected chi connectivity index (χ0v) is 17.9. The molecule has 0 aliphatic carbocycles. The third-order valence-electron chi connectivity index (χ3n) is 5.20. The number of esters is 1. The van der Waals surface area contributed by atoms with Gasteiger partial charge in [0.1, 0.15) is 24.9 Å². The number of carbonyl (C=O) groups excluding carboxylic acids is 1. The first-order valence-corrected chi connectivity index (χ1v) is 10.5. The molecule has 7 nitrogen and oxygen atoms in total. The van der Waals surface area contributed by atoms with Crippen LogP contribution < -0.4 is 4.74 Å². The Balaban J connectivity index is 1.62. The van der Waals surface area contributed by atoms with Gasteiger partial charge in [-0.15, -0.1) is 11.3 Å². The lowest BCUT2D eigenvalue weighted by Gasteiger charge is -2.51. The fourth-order valence-corrected chi connectivity index (χ4v) is 4.08. The minimum atomic E-state index is -4.51. The van der Waals surface area contributed by atoms with Gasteiger partial charge in [0.2, 0.25) is 0 Å². The first kappa shape index (κ1) is 23.5. The number of thiazole rings is 1. The summed E-state index contributed by atoms with van der Waals surface area (Å²) in [5.41, 5.74) is 1.05. The fourth-order valence-electron chi connectivity index (χ4n) is 3.35. The topological polar surface area (TPSA) is 80.7 Å². The Bertz CT molecular complexity index is 890. The molecule has 1 aromatic heterocycles. The Labute approximate surface area is 181 Å². The molecule has 1 aliphatic rings. The van der Waals surface area contributed by atoms with E-state index in [-0.39, 0.29) is 38.0 Å². The summed E-state index contributed by atoms with van der Waals surface area (Å²) in [6.45, 7) is 1.99. The summed E-state index contributed by atoms with van der Waals surface area (Å²) in [5.74, 6) is 0.0168. The number of aromatic nitrogens is 1. The lowest BCUT2D eigenvalue weighted by atomic mass is 10.0. The second kappa shape index (κ2) is 9.51. The number of morpholine rings is 1. The molecule has 2 heterocycles. The van der Waals surface area contributed by atoms with Gasteiger partial charge in [-0.05, 0) is 24.6 Å². The largest absolute Gasteiger partial charge is 0.632 e. The maximum absolute atomic E-state index is 13.4. The van der Waals surface area contributed by atoms with Crippen LogP contribution in [0, 0.1) is 5.21 Å². The molecule has 0 saturated carbocycles. The molecule has 0 spiro atoms. The van der Waals surface area contributed by atoms with Crippen LogP contribution in [0.4, 0.5) is 13.2 Å². The van der Waals surface area contributed by atoms with E-state index < -0.39 is 27.9 Å². The van der Waals surface area contributed by atoms with E-state index in [2.05, 4.69) is 9.72 Å². The van der Waals surface area contributed by atoms with Gasteiger partial charge >= 0.3 is 12.1 Å². The van der Waals surface area contributed by atoms with Crippen molar-refractivity contribution in [2.45, 2.75) is 31.7 Å². The third-order valence-corrected chi connectivity index (χ3v) is 6.11. The van der Waals surface area contributed by atoms with E-state index in [0.717, 1.165) is 5.56 Å². The zero-order valence-electron chi connectivity index (χ0n) is 17.1. The molecule has 0 N–H and O–H groups in total. The van der Waals surface area contributed by atoms with Crippen molar-refractivity contribution < 1.29 is 36.8 Å². The molecule has 11 heteroatoms. The summed E-state index contributed by atoms with van der Waals surface area (Å²) in [6.07, 6.45) is -4.81. The van der Waals surface area contributed by atoms with Crippen LogP contribution >= 0.6 is 11.3 Å². The van der Waals surface area contributed by atoms with Crippen molar-refractivity contribution in [3.63, 3.8) is 0 Å². The highest BCUT2D eigenvalue weighted by atomic mass is 32.1. The predicted octanol–water partition coefficient (Wildman–Crippen LogP) is 3.73. The number of nitrogens with zero attached hydrogens (tertiary/aromatic N) is 2. The molecule has 1 aromatic carbocycles. The quantitative estimate of drug-likeness (QED) is 0.356. The highest BCUT2D eigenvalue weighted by Gasteiger charge is 2.39. The molecule has 3 unspecified atom stereocenters. The van der Waals surface area contributed by atoms with Crippen molar-refractivity contribution in [1.29, 1.82) is 0 Å². The first-order valence-electron chi connectivity index (χ1n) is 9.61. The van der Waals surface area contributed by atoms with Gasteiger partial charge in [-0.3, -0.25) is 0 Å². The summed E-state index contributed by atoms with van der Waals surface area (Å²) in [7, 11) is 1.28. The van der Waals surface area contributed by atoms with E-state index in [9.17, 15) is 23.2 Å². The summed E-state index contributed by atoms with van der Waals surface area (Å²) >= 11 is 0.504. The van der Waals surface area contributed by atoms with Crippen LogP contribution in [0.1, 0.15) is 29.3 Å². The number of ether oxygens (including phenoxy) is 3. The molecule has 31 heavy (non-hydrogen) atoms. The van der Waals surface area contributed by atoms with Gasteiger partial charge in [0.15, 0.2) is 11.6 Å². The van der Waals surface area contributed by atoms with Crippen LogP contribution in [-0.2, 0) is 26.9 Å². The van der Waals surface area contributed by atoms with Gasteiger partial charge in [0.05, 0.1) is 25.5 Å². The average molecular weight is 460 g/mol. The molecular formula is C20H23F3N2O5S. The number of alkyl halides is 3. The Morgan fingerprint density at radius 3 is 2.71 bits per heavy atom. The molecule has 3 atom stereocenters. The average Bonchev–Trinajstić information content (AvgIpc) is 3.24. The molecule has 2 aromatic rings. The van der Waals surface area contributed by atoms with Gasteiger partial charge in [-0.25, -0.2) is 9.78 Å². The normalized spacial score (nSPS) is 22.7. The van der Waals surface area contributed by atoms with Crippen LogP contribution in [0.5, 0.6) is 5.75 Å².